The SMILES string of the molecule is COCOc1cc(C)ccc1[C@](C)(O[Si](C(C)C)(C(C)C)C(C)C)C(=O)O[C@H]1C[C@@H](C)CC[C@@H]1C(C)C. The van der Waals surface area contributed by atoms with Gasteiger partial charge in [-0.3, -0.25) is 0 Å². The van der Waals surface area contributed by atoms with Gasteiger partial charge in [-0.2, -0.15) is 0 Å². The number of methoxy groups -OCH3 is 1. The highest BCUT2D eigenvalue weighted by Gasteiger charge is 2.54. The van der Waals surface area contributed by atoms with Crippen molar-refractivity contribution in [3.05, 3.63) is 29.3 Å². The predicted molar refractivity (Wildman–Crippen MR) is 154 cm³/mol. The van der Waals surface area contributed by atoms with Gasteiger partial charge >= 0.3 is 5.97 Å². The van der Waals surface area contributed by atoms with Crippen molar-refractivity contribution in [1.82, 2.24) is 0 Å². The first-order valence-electron chi connectivity index (χ1n) is 14.3. The van der Waals surface area contributed by atoms with Crippen molar-refractivity contribution in [1.29, 1.82) is 0 Å². The third kappa shape index (κ3) is 6.99. The van der Waals surface area contributed by atoms with Crippen LogP contribution in [0, 0.1) is 24.7 Å². The first kappa shape index (κ1) is 31.8. The largest absolute Gasteiger partial charge is 0.467 e. The molecule has 1 fully saturated rings. The maximum Gasteiger partial charge on any atom is 0.342 e. The number of rotatable bonds is 12. The molecule has 0 aliphatic heterocycles. The van der Waals surface area contributed by atoms with Gasteiger partial charge in [0.2, 0.25) is 8.32 Å². The summed E-state index contributed by atoms with van der Waals surface area (Å²) in [4.78, 5) is 14.5. The van der Waals surface area contributed by atoms with Crippen LogP contribution in [0.5, 0.6) is 5.75 Å². The maximum absolute atomic E-state index is 14.5. The summed E-state index contributed by atoms with van der Waals surface area (Å²) in [6.45, 7) is 24.2. The van der Waals surface area contributed by atoms with Gasteiger partial charge in [0.05, 0.1) is 0 Å². The van der Waals surface area contributed by atoms with Crippen LogP contribution >= 0.6 is 0 Å². The summed E-state index contributed by atoms with van der Waals surface area (Å²) in [6.07, 6.45) is 3.05. The molecule has 0 aromatic heterocycles. The summed E-state index contributed by atoms with van der Waals surface area (Å²) < 4.78 is 25.1. The van der Waals surface area contributed by atoms with E-state index < -0.39 is 13.9 Å². The molecule has 0 unspecified atom stereocenters. The summed E-state index contributed by atoms with van der Waals surface area (Å²) in [6, 6.07) is 5.96. The zero-order valence-corrected chi connectivity index (χ0v) is 26.6. The molecule has 1 aliphatic rings. The van der Waals surface area contributed by atoms with Crippen molar-refractivity contribution >= 4 is 14.3 Å². The molecule has 0 spiro atoms. The Morgan fingerprint density at radius 3 is 2.14 bits per heavy atom. The second kappa shape index (κ2) is 13.1. The minimum atomic E-state index is -2.48. The summed E-state index contributed by atoms with van der Waals surface area (Å²) >= 11 is 0. The molecular formula is C31H54O5Si. The van der Waals surface area contributed by atoms with E-state index in [1.165, 1.54) is 6.42 Å². The fourth-order valence-corrected chi connectivity index (χ4v) is 12.3. The minimum Gasteiger partial charge on any atom is -0.467 e. The molecule has 37 heavy (non-hydrogen) atoms. The van der Waals surface area contributed by atoms with Gasteiger partial charge in [0, 0.05) is 12.7 Å². The molecule has 5 nitrogen and oxygen atoms in total. The van der Waals surface area contributed by atoms with E-state index in [1.807, 2.05) is 32.0 Å². The Bertz CT molecular complexity index is 859. The molecule has 0 bridgehead atoms. The van der Waals surface area contributed by atoms with Crippen molar-refractivity contribution in [2.24, 2.45) is 17.8 Å². The number of carbonyl (C=O) groups is 1. The minimum absolute atomic E-state index is 0.0955. The predicted octanol–water partition coefficient (Wildman–Crippen LogP) is 8.39. The molecule has 0 radical (unpaired) electrons. The number of hydrogen-bond acceptors (Lipinski definition) is 5. The summed E-state index contributed by atoms with van der Waals surface area (Å²) in [5.74, 6) is 1.65. The molecule has 4 atom stereocenters. The molecule has 1 aromatic carbocycles. The summed E-state index contributed by atoms with van der Waals surface area (Å²) in [7, 11) is -0.881. The van der Waals surface area contributed by atoms with Crippen LogP contribution in [0.2, 0.25) is 16.6 Å². The monoisotopic (exact) mass is 534 g/mol. The third-order valence-electron chi connectivity index (χ3n) is 8.68. The summed E-state index contributed by atoms with van der Waals surface area (Å²) in [5.41, 5.74) is 1.39. The van der Waals surface area contributed by atoms with Gasteiger partial charge in [0.25, 0.3) is 0 Å². The molecule has 0 saturated heterocycles. The normalized spacial score (nSPS) is 22.5. The van der Waals surface area contributed by atoms with Gasteiger partial charge in [-0.25, -0.2) is 4.79 Å². The molecular weight excluding hydrogens is 480 g/mol. The smallest absolute Gasteiger partial charge is 0.342 e. The average molecular weight is 535 g/mol. The number of benzene rings is 1. The van der Waals surface area contributed by atoms with Crippen LogP contribution in [-0.4, -0.2) is 34.3 Å². The highest BCUT2D eigenvalue weighted by molar-refractivity contribution is 6.77. The van der Waals surface area contributed by atoms with Crippen molar-refractivity contribution < 1.29 is 23.4 Å². The quantitative estimate of drug-likeness (QED) is 0.153. The van der Waals surface area contributed by atoms with Gasteiger partial charge in [-0.05, 0) is 72.7 Å². The van der Waals surface area contributed by atoms with Crippen LogP contribution < -0.4 is 4.74 Å². The van der Waals surface area contributed by atoms with Gasteiger partial charge in [-0.1, -0.05) is 80.9 Å². The lowest BCUT2D eigenvalue weighted by Gasteiger charge is -2.48. The van der Waals surface area contributed by atoms with E-state index in [4.69, 9.17) is 18.6 Å². The van der Waals surface area contributed by atoms with E-state index in [1.54, 1.807) is 7.11 Å². The highest BCUT2D eigenvalue weighted by atomic mass is 28.4. The second-order valence-electron chi connectivity index (χ2n) is 12.8. The van der Waals surface area contributed by atoms with Crippen LogP contribution in [0.15, 0.2) is 18.2 Å². The molecule has 1 aromatic rings. The molecule has 1 saturated carbocycles. The zero-order valence-electron chi connectivity index (χ0n) is 25.6. The molecule has 6 heteroatoms. The average Bonchev–Trinajstić information content (AvgIpc) is 2.80. The van der Waals surface area contributed by atoms with Crippen molar-refractivity contribution in [3.8, 4) is 5.75 Å². The first-order chi connectivity index (χ1) is 17.2. The van der Waals surface area contributed by atoms with E-state index in [0.29, 0.717) is 45.7 Å². The van der Waals surface area contributed by atoms with E-state index in [0.717, 1.165) is 18.4 Å². The van der Waals surface area contributed by atoms with Crippen LogP contribution in [0.4, 0.5) is 0 Å². The van der Waals surface area contributed by atoms with E-state index in [9.17, 15) is 4.79 Å². The lowest BCUT2D eigenvalue weighted by Crippen LogP contribution is -2.56. The Labute approximate surface area is 228 Å². The van der Waals surface area contributed by atoms with Crippen LogP contribution in [0.1, 0.15) is 99.6 Å². The Morgan fingerprint density at radius 2 is 1.62 bits per heavy atom. The van der Waals surface area contributed by atoms with Crippen molar-refractivity contribution in [2.75, 3.05) is 13.9 Å². The fourth-order valence-electron chi connectivity index (χ4n) is 6.68. The van der Waals surface area contributed by atoms with Crippen LogP contribution in [-0.2, 0) is 24.3 Å². The van der Waals surface area contributed by atoms with Crippen LogP contribution in [0.3, 0.4) is 0 Å². The van der Waals surface area contributed by atoms with Crippen LogP contribution in [0.25, 0.3) is 0 Å². The number of carbonyl (C=O) groups excluding carboxylic acids is 1. The number of aryl methyl sites for hydroxylation is 1. The zero-order chi connectivity index (χ0) is 28.1. The third-order valence-corrected chi connectivity index (χ3v) is 14.9. The van der Waals surface area contributed by atoms with E-state index in [-0.39, 0.29) is 18.9 Å². The van der Waals surface area contributed by atoms with Gasteiger partial charge in [-0.15, -0.1) is 0 Å². The number of esters is 1. The topological polar surface area (TPSA) is 54.0 Å². The molecule has 2 rings (SSSR count). The fraction of sp³-hybridized carbons (Fsp3) is 0.774. The van der Waals surface area contributed by atoms with Crippen molar-refractivity contribution in [3.63, 3.8) is 0 Å². The molecule has 0 N–H and O–H groups in total. The van der Waals surface area contributed by atoms with E-state index in [2.05, 4.69) is 62.3 Å². The number of ether oxygens (including phenoxy) is 3. The Morgan fingerprint density at radius 1 is 1.03 bits per heavy atom. The Kier molecular flexibility index (Phi) is 11.3. The maximum atomic E-state index is 14.5. The lowest BCUT2D eigenvalue weighted by atomic mass is 9.75. The molecule has 0 amide bonds. The van der Waals surface area contributed by atoms with E-state index >= 15 is 0 Å². The standard InChI is InChI=1S/C31H54O5Si/c1-20(2)26-15-13-24(9)17-28(26)35-30(32)31(11,36-37(21(3)4,22(5)6)23(7)8)27-16-14-25(10)18-29(27)34-19-33-12/h14,16,18,20-24,26,28H,13,15,17,19H2,1-12H3/t24-,26+,28-,31-/m0/s1. The summed E-state index contributed by atoms with van der Waals surface area (Å²) in [5, 5.41) is 0. The second-order valence-corrected chi connectivity index (χ2v) is 18.1. The Hall–Kier alpha value is -1.37. The van der Waals surface area contributed by atoms with Gasteiger partial charge in [0.1, 0.15) is 11.9 Å². The first-order valence-corrected chi connectivity index (χ1v) is 16.5. The lowest BCUT2D eigenvalue weighted by molar-refractivity contribution is -0.175. The molecule has 1 aliphatic carbocycles. The molecule has 212 valence electrons. The van der Waals surface area contributed by atoms with Gasteiger partial charge < -0.3 is 18.6 Å². The number of hydrogen-bond donors (Lipinski definition) is 0. The molecule has 0 heterocycles. The van der Waals surface area contributed by atoms with Crippen molar-refractivity contribution in [2.45, 2.75) is 124 Å². The highest BCUT2D eigenvalue weighted by Crippen LogP contribution is 2.49. The Balaban J connectivity index is 2.68. The van der Waals surface area contributed by atoms with Gasteiger partial charge in [0.15, 0.2) is 12.4 Å².